The Kier molecular flexibility index (Phi) is 3.76. The first-order valence-corrected chi connectivity index (χ1v) is 6.38. The highest BCUT2D eigenvalue weighted by atomic mass is 32.2. The van der Waals surface area contributed by atoms with E-state index in [0.717, 1.165) is 11.8 Å². The van der Waals surface area contributed by atoms with Gasteiger partial charge in [0.1, 0.15) is 0 Å². The van der Waals surface area contributed by atoms with Gasteiger partial charge in [-0.3, -0.25) is 0 Å². The Morgan fingerprint density at radius 1 is 1.32 bits per heavy atom. The maximum atomic E-state index is 12.3. The van der Waals surface area contributed by atoms with Gasteiger partial charge in [-0.15, -0.1) is 0 Å². The number of rotatable bonds is 3. The zero-order valence-electron chi connectivity index (χ0n) is 9.01. The molecule has 0 spiro atoms. The van der Waals surface area contributed by atoms with Crippen molar-refractivity contribution in [2.75, 3.05) is 0 Å². The van der Waals surface area contributed by atoms with Crippen molar-refractivity contribution in [3.8, 4) is 0 Å². The first kappa shape index (κ1) is 13.8. The molecule has 0 saturated carbocycles. The average molecular weight is 306 g/mol. The van der Waals surface area contributed by atoms with Crippen LogP contribution in [0, 0.1) is 0 Å². The quantitative estimate of drug-likeness (QED) is 0.941. The maximum absolute atomic E-state index is 12.3. The molecular weight excluding hydrogens is 301 g/mol. The van der Waals surface area contributed by atoms with Crippen LogP contribution < -0.4 is 0 Å². The summed E-state index contributed by atoms with van der Waals surface area (Å²) in [6, 6.07) is 6.01. The summed E-state index contributed by atoms with van der Waals surface area (Å²) in [6.07, 6.45) is -4.60. The van der Waals surface area contributed by atoms with E-state index in [-0.39, 0.29) is 9.90 Å². The molecule has 1 heterocycles. The number of hydrogen-bond acceptors (Lipinski definition) is 5. The van der Waals surface area contributed by atoms with Crippen LogP contribution >= 0.6 is 23.3 Å². The number of hydrogen-bond donors (Lipinski definition) is 1. The second-order valence-corrected chi connectivity index (χ2v) is 5.33. The monoisotopic (exact) mass is 306 g/mol. The third-order valence-corrected chi connectivity index (χ3v) is 3.80. The molecule has 1 N–H and O–H groups in total. The van der Waals surface area contributed by atoms with Crippen molar-refractivity contribution < 1.29 is 23.1 Å². The molecule has 1 aromatic carbocycles. The molecule has 4 nitrogen and oxygen atoms in total. The third-order valence-electron chi connectivity index (χ3n) is 1.98. The van der Waals surface area contributed by atoms with Gasteiger partial charge in [0.15, 0.2) is 4.34 Å². The Hall–Kier alpha value is -1.61. The molecule has 19 heavy (non-hydrogen) atoms. The lowest BCUT2D eigenvalue weighted by Crippen LogP contribution is -2.06. The maximum Gasteiger partial charge on any atom is 0.452 e. The molecule has 0 fully saturated rings. The summed E-state index contributed by atoms with van der Waals surface area (Å²) < 4.78 is 40.2. The van der Waals surface area contributed by atoms with Crippen LogP contribution in [0.2, 0.25) is 0 Å². The fourth-order valence-corrected chi connectivity index (χ4v) is 2.89. The van der Waals surface area contributed by atoms with Gasteiger partial charge in [0.2, 0.25) is 5.82 Å². The summed E-state index contributed by atoms with van der Waals surface area (Å²) in [4.78, 5) is 14.6. The van der Waals surface area contributed by atoms with Crippen molar-refractivity contribution in [3.05, 3.63) is 35.7 Å². The molecule has 0 unspecified atom stereocenters. The predicted molar refractivity (Wildman–Crippen MR) is 62.4 cm³/mol. The highest BCUT2D eigenvalue weighted by Gasteiger charge is 2.36. The van der Waals surface area contributed by atoms with E-state index in [4.69, 9.17) is 5.11 Å². The van der Waals surface area contributed by atoms with Gasteiger partial charge >= 0.3 is 12.1 Å². The molecule has 2 aromatic rings. The van der Waals surface area contributed by atoms with Crippen LogP contribution in [0.3, 0.4) is 0 Å². The molecule has 9 heteroatoms. The Bertz CT molecular complexity index is 613. The summed E-state index contributed by atoms with van der Waals surface area (Å²) in [5.74, 6) is -2.36. The standard InChI is InChI=1S/C10H5F3N2O2S2/c11-10(12,13)8-14-9(19-15-8)18-6-4-2-1-3-5(6)7(16)17/h1-4H,(H,16,17). The van der Waals surface area contributed by atoms with Crippen molar-refractivity contribution in [3.63, 3.8) is 0 Å². The number of alkyl halides is 3. The number of halogens is 3. The highest BCUT2D eigenvalue weighted by Crippen LogP contribution is 2.35. The molecule has 0 saturated heterocycles. The lowest BCUT2D eigenvalue weighted by atomic mass is 10.2. The van der Waals surface area contributed by atoms with Gasteiger partial charge in [-0.1, -0.05) is 23.9 Å². The van der Waals surface area contributed by atoms with Crippen LogP contribution in [-0.2, 0) is 6.18 Å². The van der Waals surface area contributed by atoms with Gasteiger partial charge in [0, 0.05) is 4.90 Å². The van der Waals surface area contributed by atoms with Crippen molar-refractivity contribution >= 4 is 29.3 Å². The second kappa shape index (κ2) is 5.17. The van der Waals surface area contributed by atoms with Gasteiger partial charge in [-0.2, -0.15) is 17.5 Å². The van der Waals surface area contributed by atoms with Crippen LogP contribution in [0.25, 0.3) is 0 Å². The fraction of sp³-hybridized carbons (Fsp3) is 0.100. The summed E-state index contributed by atoms with van der Waals surface area (Å²) in [6.45, 7) is 0. The average Bonchev–Trinajstić information content (AvgIpc) is 2.77. The van der Waals surface area contributed by atoms with Crippen molar-refractivity contribution in [2.24, 2.45) is 0 Å². The Morgan fingerprint density at radius 2 is 2.00 bits per heavy atom. The number of carboxylic acids is 1. The summed E-state index contributed by atoms with van der Waals surface area (Å²) in [5.41, 5.74) is 0.0104. The van der Waals surface area contributed by atoms with E-state index in [9.17, 15) is 18.0 Å². The molecule has 1 aromatic heterocycles. The Morgan fingerprint density at radius 3 is 2.58 bits per heavy atom. The molecule has 0 radical (unpaired) electrons. The molecular formula is C10H5F3N2O2S2. The lowest BCUT2D eigenvalue weighted by Gasteiger charge is -2.02. The molecule has 2 rings (SSSR count). The van der Waals surface area contributed by atoms with Gasteiger partial charge < -0.3 is 5.11 Å². The summed E-state index contributed by atoms with van der Waals surface area (Å²) in [7, 11) is 0. The summed E-state index contributed by atoms with van der Waals surface area (Å²) in [5, 5.41) is 8.95. The smallest absolute Gasteiger partial charge is 0.452 e. The van der Waals surface area contributed by atoms with Crippen LogP contribution in [0.15, 0.2) is 33.5 Å². The molecule has 0 atom stereocenters. The van der Waals surface area contributed by atoms with E-state index in [1.807, 2.05) is 0 Å². The van der Waals surface area contributed by atoms with Gasteiger partial charge in [0.05, 0.1) is 5.56 Å². The van der Waals surface area contributed by atoms with E-state index < -0.39 is 18.0 Å². The second-order valence-electron chi connectivity index (χ2n) is 3.29. The number of nitrogens with zero attached hydrogens (tertiary/aromatic N) is 2. The zero-order valence-corrected chi connectivity index (χ0v) is 10.6. The highest BCUT2D eigenvalue weighted by molar-refractivity contribution is 8.01. The van der Waals surface area contributed by atoms with E-state index in [1.165, 1.54) is 18.2 Å². The molecule has 0 aliphatic carbocycles. The normalized spacial score (nSPS) is 11.5. The number of aromatic nitrogens is 2. The molecule has 0 bridgehead atoms. The molecule has 0 aliphatic heterocycles. The zero-order chi connectivity index (χ0) is 14.0. The van der Waals surface area contributed by atoms with Gasteiger partial charge in [-0.05, 0) is 23.7 Å². The van der Waals surface area contributed by atoms with Gasteiger partial charge in [-0.25, -0.2) is 9.78 Å². The summed E-state index contributed by atoms with van der Waals surface area (Å²) >= 11 is 1.42. The third kappa shape index (κ3) is 3.24. The van der Waals surface area contributed by atoms with E-state index in [1.54, 1.807) is 6.07 Å². The number of carbonyl (C=O) groups is 1. The first-order valence-electron chi connectivity index (χ1n) is 4.79. The van der Waals surface area contributed by atoms with Crippen LogP contribution in [0.4, 0.5) is 13.2 Å². The van der Waals surface area contributed by atoms with Crippen molar-refractivity contribution in [1.29, 1.82) is 0 Å². The SMILES string of the molecule is O=C(O)c1ccccc1Sc1nc(C(F)(F)F)ns1. The van der Waals surface area contributed by atoms with E-state index in [0.29, 0.717) is 16.4 Å². The minimum atomic E-state index is -4.60. The number of benzene rings is 1. The van der Waals surface area contributed by atoms with E-state index >= 15 is 0 Å². The van der Waals surface area contributed by atoms with Crippen LogP contribution in [0.5, 0.6) is 0 Å². The molecule has 100 valence electrons. The fourth-order valence-electron chi connectivity index (χ4n) is 1.19. The van der Waals surface area contributed by atoms with E-state index in [2.05, 4.69) is 9.36 Å². The minimum absolute atomic E-state index is 0.0104. The minimum Gasteiger partial charge on any atom is -0.478 e. The van der Waals surface area contributed by atoms with Crippen LogP contribution in [0.1, 0.15) is 16.2 Å². The topological polar surface area (TPSA) is 63.1 Å². The first-order chi connectivity index (χ1) is 8.88. The van der Waals surface area contributed by atoms with Gasteiger partial charge in [0.25, 0.3) is 0 Å². The number of carboxylic acid groups (broad SMARTS) is 1. The molecule has 0 amide bonds. The Labute approximate surface area is 113 Å². The number of aromatic carboxylic acids is 1. The van der Waals surface area contributed by atoms with Crippen LogP contribution in [-0.4, -0.2) is 20.4 Å². The molecule has 0 aliphatic rings. The van der Waals surface area contributed by atoms with Crippen molar-refractivity contribution in [1.82, 2.24) is 9.36 Å². The largest absolute Gasteiger partial charge is 0.478 e. The Balaban J connectivity index is 2.27. The van der Waals surface area contributed by atoms with Crippen molar-refractivity contribution in [2.45, 2.75) is 15.4 Å². The lowest BCUT2D eigenvalue weighted by molar-refractivity contribution is -0.144. The predicted octanol–water partition coefficient (Wildman–Crippen LogP) is 3.41.